The smallest absolute Gasteiger partial charge is 0.166 e. The van der Waals surface area contributed by atoms with Gasteiger partial charge in [0.1, 0.15) is 5.82 Å². The first-order chi connectivity index (χ1) is 17.2. The lowest BCUT2D eigenvalue weighted by atomic mass is 9.81. The summed E-state index contributed by atoms with van der Waals surface area (Å²) in [5, 5.41) is 4.55. The molecule has 0 saturated carbocycles. The Hall–Kier alpha value is -3.38. The zero-order valence-corrected chi connectivity index (χ0v) is 20.5. The summed E-state index contributed by atoms with van der Waals surface area (Å²) in [5.41, 5.74) is 5.92. The van der Waals surface area contributed by atoms with Gasteiger partial charge in [-0.15, -0.1) is 0 Å². The van der Waals surface area contributed by atoms with Crippen LogP contribution in [-0.2, 0) is 11.2 Å². The predicted octanol–water partition coefficient (Wildman–Crippen LogP) is 6.02. The fraction of sp³-hybridized carbons (Fsp3) is 0.379. The number of benzene rings is 2. The van der Waals surface area contributed by atoms with Crippen molar-refractivity contribution in [2.75, 3.05) is 25.6 Å². The summed E-state index contributed by atoms with van der Waals surface area (Å²) in [5.74, 6) is 1.78. The van der Waals surface area contributed by atoms with E-state index in [0.717, 1.165) is 96.5 Å². The summed E-state index contributed by atoms with van der Waals surface area (Å²) >= 11 is 0. The van der Waals surface area contributed by atoms with Crippen molar-refractivity contribution in [3.8, 4) is 11.4 Å². The van der Waals surface area contributed by atoms with Crippen LogP contribution >= 0.6 is 0 Å². The molecule has 2 aliphatic rings. The fourth-order valence-corrected chi connectivity index (χ4v) is 4.97. The molecule has 0 bridgehead atoms. The van der Waals surface area contributed by atoms with E-state index in [2.05, 4.69) is 29.4 Å². The van der Waals surface area contributed by atoms with E-state index in [1.807, 2.05) is 36.4 Å². The number of aromatic nitrogens is 2. The van der Waals surface area contributed by atoms with Gasteiger partial charge in [0.2, 0.25) is 0 Å². The number of fused-ring (bicyclic) bond motifs is 2. The van der Waals surface area contributed by atoms with E-state index in [1.54, 1.807) is 7.11 Å². The summed E-state index contributed by atoms with van der Waals surface area (Å²) in [7, 11) is 1.73. The highest BCUT2D eigenvalue weighted by molar-refractivity contribution is 6.01. The molecule has 6 heteroatoms. The van der Waals surface area contributed by atoms with Crippen molar-refractivity contribution in [1.82, 2.24) is 9.97 Å². The fourth-order valence-electron chi connectivity index (χ4n) is 4.97. The lowest BCUT2D eigenvalue weighted by molar-refractivity contribution is 0.0898. The molecular weight excluding hydrogens is 436 g/mol. The van der Waals surface area contributed by atoms with Gasteiger partial charge in [-0.3, -0.25) is 9.79 Å². The van der Waals surface area contributed by atoms with Gasteiger partial charge in [0.25, 0.3) is 0 Å². The van der Waals surface area contributed by atoms with Gasteiger partial charge in [-0.2, -0.15) is 0 Å². The monoisotopic (exact) mass is 468 g/mol. The van der Waals surface area contributed by atoms with Gasteiger partial charge in [-0.05, 0) is 61.9 Å². The zero-order valence-electron chi connectivity index (χ0n) is 20.5. The SMILES string of the molecule is CCC1CCc2ccc(-c3nc(NC4=CC(CCCOC)=NCC4)c4ccccc4n3)cc2C1=O. The Morgan fingerprint density at radius 2 is 2.00 bits per heavy atom. The van der Waals surface area contributed by atoms with E-state index in [9.17, 15) is 4.79 Å². The van der Waals surface area contributed by atoms with Gasteiger partial charge in [0, 0.05) is 60.5 Å². The summed E-state index contributed by atoms with van der Waals surface area (Å²) in [6.45, 7) is 3.59. The maximum atomic E-state index is 13.0. The summed E-state index contributed by atoms with van der Waals surface area (Å²) in [6.07, 6.45) is 7.61. The normalized spacial score (nSPS) is 17.7. The average Bonchev–Trinajstić information content (AvgIpc) is 2.89. The van der Waals surface area contributed by atoms with Crippen LogP contribution in [0.1, 0.15) is 54.9 Å². The Balaban J connectivity index is 1.49. The number of rotatable bonds is 8. The molecule has 1 unspecified atom stereocenters. The Morgan fingerprint density at radius 3 is 2.86 bits per heavy atom. The second-order valence-corrected chi connectivity index (χ2v) is 9.31. The number of Topliss-reactive ketones (excluding diaryl/α,β-unsaturated/α-hetero) is 1. The van der Waals surface area contributed by atoms with E-state index in [0.29, 0.717) is 5.82 Å². The number of hydrogen-bond donors (Lipinski definition) is 1. The first-order valence-electron chi connectivity index (χ1n) is 12.6. The second kappa shape index (κ2) is 10.5. The third-order valence-electron chi connectivity index (χ3n) is 6.96. The van der Waals surface area contributed by atoms with Gasteiger partial charge in [-0.1, -0.05) is 31.2 Å². The number of carbonyl (C=O) groups excluding carboxylic acids is 1. The van der Waals surface area contributed by atoms with Crippen LogP contribution < -0.4 is 5.32 Å². The third kappa shape index (κ3) is 5.03. The molecule has 3 aromatic rings. The van der Waals surface area contributed by atoms with Gasteiger partial charge in [0.05, 0.1) is 5.52 Å². The predicted molar refractivity (Wildman–Crippen MR) is 141 cm³/mol. The minimum atomic E-state index is 0.116. The number of dihydropyridines is 1. The standard InChI is InChI=1S/C29H32N4O2/c1-3-19-10-11-20-12-13-21(17-25(20)27(19)34)28-32-26-9-5-4-8-24(26)29(33-28)31-23-14-15-30-22(18-23)7-6-16-35-2/h4-5,8-9,12-13,17-19H,3,6-7,10-11,14-16H2,1-2H3,(H,31,32,33). The van der Waals surface area contributed by atoms with Gasteiger partial charge in [0.15, 0.2) is 11.6 Å². The maximum Gasteiger partial charge on any atom is 0.166 e. The number of allylic oxidation sites excluding steroid dienone is 1. The third-order valence-corrected chi connectivity index (χ3v) is 6.96. The second-order valence-electron chi connectivity index (χ2n) is 9.31. The molecule has 0 saturated heterocycles. The van der Waals surface area contributed by atoms with Crippen LogP contribution in [0.3, 0.4) is 0 Å². The molecule has 6 nitrogen and oxygen atoms in total. The van der Waals surface area contributed by atoms with Crippen LogP contribution in [-0.4, -0.2) is 41.7 Å². The number of hydrogen-bond acceptors (Lipinski definition) is 6. The molecule has 180 valence electrons. The molecule has 2 heterocycles. The largest absolute Gasteiger partial charge is 0.385 e. The van der Waals surface area contributed by atoms with Crippen LogP contribution in [0.15, 0.2) is 59.2 Å². The molecule has 1 atom stereocenters. The Morgan fingerprint density at radius 1 is 1.11 bits per heavy atom. The maximum absolute atomic E-state index is 13.0. The van der Waals surface area contributed by atoms with Gasteiger partial charge < -0.3 is 10.1 Å². The molecule has 0 amide bonds. The number of aryl methyl sites for hydroxylation is 1. The van der Waals surface area contributed by atoms with E-state index >= 15 is 0 Å². The number of anilines is 1. The van der Waals surface area contributed by atoms with E-state index in [4.69, 9.17) is 14.7 Å². The number of ether oxygens (including phenoxy) is 1. The van der Waals surface area contributed by atoms with Crippen molar-refractivity contribution >= 4 is 28.2 Å². The van der Waals surface area contributed by atoms with Gasteiger partial charge in [-0.25, -0.2) is 9.97 Å². The summed E-state index contributed by atoms with van der Waals surface area (Å²) < 4.78 is 5.18. The summed E-state index contributed by atoms with van der Waals surface area (Å²) in [6, 6.07) is 14.2. The molecule has 0 fully saturated rings. The van der Waals surface area contributed by atoms with Crippen LogP contribution in [0.2, 0.25) is 0 Å². The molecular formula is C29H32N4O2. The number of methoxy groups -OCH3 is 1. The van der Waals surface area contributed by atoms with Crippen LogP contribution in [0.5, 0.6) is 0 Å². The molecule has 0 spiro atoms. The van der Waals surface area contributed by atoms with Gasteiger partial charge >= 0.3 is 0 Å². The van der Waals surface area contributed by atoms with Crippen LogP contribution in [0.4, 0.5) is 5.82 Å². The molecule has 0 radical (unpaired) electrons. The van der Waals surface area contributed by atoms with E-state index in [1.165, 1.54) is 0 Å². The number of nitrogens with zero attached hydrogens (tertiary/aromatic N) is 3. The van der Waals surface area contributed by atoms with Crippen LogP contribution in [0.25, 0.3) is 22.3 Å². The van der Waals surface area contributed by atoms with Crippen LogP contribution in [0, 0.1) is 5.92 Å². The molecule has 1 N–H and O–H groups in total. The Bertz CT molecular complexity index is 1310. The van der Waals surface area contributed by atoms with Crippen molar-refractivity contribution in [3.63, 3.8) is 0 Å². The molecule has 35 heavy (non-hydrogen) atoms. The molecule has 2 aromatic carbocycles. The van der Waals surface area contributed by atoms with Crippen molar-refractivity contribution in [2.24, 2.45) is 10.9 Å². The van der Waals surface area contributed by atoms with Crippen molar-refractivity contribution in [2.45, 2.75) is 45.4 Å². The Labute approximate surface area is 206 Å². The van der Waals surface area contributed by atoms with E-state index in [-0.39, 0.29) is 11.7 Å². The number of aliphatic imine (C=N–C) groups is 1. The Kier molecular flexibility index (Phi) is 7.00. The van der Waals surface area contributed by atoms with Crippen molar-refractivity contribution < 1.29 is 9.53 Å². The number of nitrogens with one attached hydrogen (secondary N) is 1. The first-order valence-corrected chi connectivity index (χ1v) is 12.6. The molecule has 1 aromatic heterocycles. The minimum Gasteiger partial charge on any atom is -0.385 e. The quantitative estimate of drug-likeness (QED) is 0.409. The highest BCUT2D eigenvalue weighted by Crippen LogP contribution is 2.32. The molecule has 1 aliphatic heterocycles. The zero-order chi connectivity index (χ0) is 24.2. The van der Waals surface area contributed by atoms with Crippen molar-refractivity contribution in [1.29, 1.82) is 0 Å². The average molecular weight is 469 g/mol. The number of carbonyl (C=O) groups is 1. The van der Waals surface area contributed by atoms with E-state index < -0.39 is 0 Å². The lowest BCUT2D eigenvalue weighted by Gasteiger charge is -2.22. The minimum absolute atomic E-state index is 0.116. The van der Waals surface area contributed by atoms with Crippen molar-refractivity contribution in [3.05, 3.63) is 65.4 Å². The highest BCUT2D eigenvalue weighted by atomic mass is 16.5. The topological polar surface area (TPSA) is 76.5 Å². The summed E-state index contributed by atoms with van der Waals surface area (Å²) in [4.78, 5) is 27.5. The molecule has 1 aliphatic carbocycles. The molecule has 5 rings (SSSR count). The number of para-hydroxylation sites is 1. The number of ketones is 1. The first kappa shape index (κ1) is 23.4. The highest BCUT2D eigenvalue weighted by Gasteiger charge is 2.26. The lowest BCUT2D eigenvalue weighted by Crippen LogP contribution is -2.22.